The molecule has 0 aromatic heterocycles. The third-order valence-electron chi connectivity index (χ3n) is 2.21. The summed E-state index contributed by atoms with van der Waals surface area (Å²) in [4.78, 5) is 0.173. The van der Waals surface area contributed by atoms with Gasteiger partial charge >= 0.3 is 0 Å². The van der Waals surface area contributed by atoms with Crippen LogP contribution in [0.3, 0.4) is 0 Å². The van der Waals surface area contributed by atoms with Crippen molar-refractivity contribution in [1.82, 2.24) is 4.72 Å². The van der Waals surface area contributed by atoms with Gasteiger partial charge in [0.05, 0.1) is 11.5 Å². The maximum Gasteiger partial charge on any atom is 0.240 e. The summed E-state index contributed by atoms with van der Waals surface area (Å²) in [5, 5.41) is 0. The number of nitrogens with one attached hydrogen (secondary N) is 1. The number of nitrogen functional groups attached to an aromatic ring is 1. The van der Waals surface area contributed by atoms with Gasteiger partial charge in [0.2, 0.25) is 10.0 Å². The highest BCUT2D eigenvalue weighted by Gasteiger charge is 2.18. The summed E-state index contributed by atoms with van der Waals surface area (Å²) in [7, 11) is -3.54. The van der Waals surface area contributed by atoms with E-state index in [2.05, 4.69) is 20.7 Å². The number of ether oxygens (including phenoxy) is 1. The molecule has 0 aliphatic heterocycles. The van der Waals surface area contributed by atoms with Crippen LogP contribution in [0, 0.1) is 0 Å². The first kappa shape index (κ1) is 15.4. The predicted octanol–water partition coefficient (Wildman–Crippen LogP) is 1.73. The Kier molecular flexibility index (Phi) is 5.58. The number of anilines is 1. The molecule has 1 unspecified atom stereocenters. The van der Waals surface area contributed by atoms with Crippen LogP contribution in [0.15, 0.2) is 27.6 Å². The summed E-state index contributed by atoms with van der Waals surface area (Å²) in [5.41, 5.74) is 6.11. The number of hydrogen-bond donors (Lipinski definition) is 2. The van der Waals surface area contributed by atoms with Gasteiger partial charge in [0, 0.05) is 22.8 Å². The molecule has 0 bridgehead atoms. The highest BCUT2D eigenvalue weighted by atomic mass is 79.9. The molecule has 7 heteroatoms. The molecule has 0 fully saturated rings. The van der Waals surface area contributed by atoms with Gasteiger partial charge in [-0.2, -0.15) is 0 Å². The molecule has 0 amide bonds. The molecule has 0 spiro atoms. The van der Waals surface area contributed by atoms with E-state index in [4.69, 9.17) is 10.5 Å². The summed E-state index contributed by atoms with van der Waals surface area (Å²) < 4.78 is 32.3. The van der Waals surface area contributed by atoms with Crippen LogP contribution in [0.1, 0.15) is 13.8 Å². The van der Waals surface area contributed by atoms with E-state index in [1.807, 2.05) is 6.92 Å². The van der Waals surface area contributed by atoms with E-state index in [1.165, 1.54) is 12.1 Å². The molecule has 1 atom stereocenters. The van der Waals surface area contributed by atoms with Crippen molar-refractivity contribution in [1.29, 1.82) is 0 Å². The van der Waals surface area contributed by atoms with Crippen molar-refractivity contribution >= 4 is 31.6 Å². The molecule has 0 aliphatic rings. The normalized spacial score (nSPS) is 13.5. The molecule has 0 saturated carbocycles. The Balaban J connectivity index is 2.83. The molecule has 5 nitrogen and oxygen atoms in total. The van der Waals surface area contributed by atoms with Crippen molar-refractivity contribution in [2.75, 3.05) is 18.9 Å². The first-order valence-corrected chi connectivity index (χ1v) is 7.79. The smallest absolute Gasteiger partial charge is 0.240 e. The van der Waals surface area contributed by atoms with Crippen molar-refractivity contribution in [2.24, 2.45) is 0 Å². The van der Waals surface area contributed by atoms with Gasteiger partial charge in [-0.1, -0.05) is 0 Å². The van der Waals surface area contributed by atoms with Crippen molar-refractivity contribution in [3.05, 3.63) is 22.7 Å². The van der Waals surface area contributed by atoms with Crippen molar-refractivity contribution in [3.63, 3.8) is 0 Å². The molecule has 1 aromatic rings. The van der Waals surface area contributed by atoms with E-state index < -0.39 is 10.0 Å². The highest BCUT2D eigenvalue weighted by molar-refractivity contribution is 9.10. The molecule has 18 heavy (non-hydrogen) atoms. The predicted molar refractivity (Wildman–Crippen MR) is 74.8 cm³/mol. The Morgan fingerprint density at radius 1 is 1.50 bits per heavy atom. The summed E-state index contributed by atoms with van der Waals surface area (Å²) in [6, 6.07) is 4.21. The Bertz CT molecular complexity index is 505. The number of rotatable bonds is 6. The van der Waals surface area contributed by atoms with Gasteiger partial charge in [-0.05, 0) is 48.0 Å². The van der Waals surface area contributed by atoms with Crippen LogP contribution >= 0.6 is 15.9 Å². The summed E-state index contributed by atoms with van der Waals surface area (Å²) in [6.45, 7) is 4.50. The van der Waals surface area contributed by atoms with Crippen LogP contribution in [0.5, 0.6) is 0 Å². The topological polar surface area (TPSA) is 81.4 Å². The minimum atomic E-state index is -3.54. The molecule has 0 heterocycles. The Labute approximate surface area is 116 Å². The number of hydrogen-bond acceptors (Lipinski definition) is 4. The zero-order valence-electron chi connectivity index (χ0n) is 10.3. The quantitative estimate of drug-likeness (QED) is 0.775. The molecular weight excluding hydrogens is 320 g/mol. The van der Waals surface area contributed by atoms with E-state index in [-0.39, 0.29) is 10.9 Å². The molecule has 0 aliphatic carbocycles. The number of benzene rings is 1. The summed E-state index contributed by atoms with van der Waals surface area (Å²) in [5.74, 6) is 0. The second kappa shape index (κ2) is 6.51. The fraction of sp³-hybridized carbons (Fsp3) is 0.455. The Morgan fingerprint density at radius 3 is 2.72 bits per heavy atom. The maximum atomic E-state index is 12.0. The van der Waals surface area contributed by atoms with E-state index in [9.17, 15) is 8.42 Å². The molecular formula is C11H17BrN2O3S. The molecule has 0 radical (unpaired) electrons. The summed E-state index contributed by atoms with van der Waals surface area (Å²) >= 11 is 3.20. The molecule has 1 aromatic carbocycles. The minimum Gasteiger partial charge on any atom is -0.398 e. The van der Waals surface area contributed by atoms with E-state index in [0.29, 0.717) is 23.4 Å². The average Bonchev–Trinajstić information content (AvgIpc) is 2.29. The zero-order valence-corrected chi connectivity index (χ0v) is 12.7. The molecule has 0 saturated heterocycles. The Hall–Kier alpha value is -0.630. The van der Waals surface area contributed by atoms with Crippen molar-refractivity contribution in [3.8, 4) is 0 Å². The average molecular weight is 337 g/mol. The zero-order chi connectivity index (χ0) is 13.8. The summed E-state index contributed by atoms with van der Waals surface area (Å²) in [6.07, 6.45) is 0. The first-order valence-electron chi connectivity index (χ1n) is 5.52. The van der Waals surface area contributed by atoms with Gasteiger partial charge in [0.25, 0.3) is 0 Å². The maximum absolute atomic E-state index is 12.0. The standard InChI is InChI=1S/C11H17BrN2O3S/c1-3-17-7-8(2)14-18(15,16)9-4-5-11(13)10(12)6-9/h4-6,8,14H,3,7,13H2,1-2H3. The van der Waals surface area contributed by atoms with E-state index in [0.717, 1.165) is 0 Å². The van der Waals surface area contributed by atoms with Gasteiger partial charge in [0.1, 0.15) is 0 Å². The lowest BCUT2D eigenvalue weighted by atomic mass is 10.3. The second-order valence-electron chi connectivity index (χ2n) is 3.87. The molecule has 1 rings (SSSR count). The van der Waals surface area contributed by atoms with Crippen LogP contribution in [-0.4, -0.2) is 27.7 Å². The number of sulfonamides is 1. The lowest BCUT2D eigenvalue weighted by Crippen LogP contribution is -2.35. The first-order chi connectivity index (χ1) is 8.36. The fourth-order valence-corrected chi connectivity index (χ4v) is 3.12. The van der Waals surface area contributed by atoms with Crippen LogP contribution < -0.4 is 10.5 Å². The Morgan fingerprint density at radius 2 is 2.17 bits per heavy atom. The molecule has 3 N–H and O–H groups in total. The van der Waals surface area contributed by atoms with Gasteiger partial charge in [-0.25, -0.2) is 13.1 Å². The SMILES string of the molecule is CCOCC(C)NS(=O)(=O)c1ccc(N)c(Br)c1. The van der Waals surface area contributed by atoms with Crippen molar-refractivity contribution < 1.29 is 13.2 Å². The second-order valence-corrected chi connectivity index (χ2v) is 6.43. The van der Waals surface area contributed by atoms with Gasteiger partial charge in [0.15, 0.2) is 0 Å². The van der Waals surface area contributed by atoms with E-state index >= 15 is 0 Å². The monoisotopic (exact) mass is 336 g/mol. The fourth-order valence-electron chi connectivity index (χ4n) is 1.34. The molecule has 102 valence electrons. The van der Waals surface area contributed by atoms with Gasteiger partial charge in [-0.3, -0.25) is 0 Å². The van der Waals surface area contributed by atoms with Gasteiger partial charge < -0.3 is 10.5 Å². The lowest BCUT2D eigenvalue weighted by Gasteiger charge is -2.14. The van der Waals surface area contributed by atoms with Gasteiger partial charge in [-0.15, -0.1) is 0 Å². The number of halogens is 1. The third kappa shape index (κ3) is 4.24. The minimum absolute atomic E-state index is 0.173. The van der Waals surface area contributed by atoms with Crippen LogP contribution in [-0.2, 0) is 14.8 Å². The van der Waals surface area contributed by atoms with Crippen LogP contribution in [0.25, 0.3) is 0 Å². The van der Waals surface area contributed by atoms with Crippen LogP contribution in [0.4, 0.5) is 5.69 Å². The van der Waals surface area contributed by atoms with Crippen molar-refractivity contribution in [2.45, 2.75) is 24.8 Å². The number of nitrogens with two attached hydrogens (primary N) is 1. The highest BCUT2D eigenvalue weighted by Crippen LogP contribution is 2.23. The van der Waals surface area contributed by atoms with E-state index in [1.54, 1.807) is 13.0 Å². The van der Waals surface area contributed by atoms with Crippen LogP contribution in [0.2, 0.25) is 0 Å². The lowest BCUT2D eigenvalue weighted by molar-refractivity contribution is 0.133. The largest absolute Gasteiger partial charge is 0.398 e. The third-order valence-corrected chi connectivity index (χ3v) is 4.48.